The number of halogens is 3. The van der Waals surface area contributed by atoms with Crippen molar-refractivity contribution < 1.29 is 22.7 Å². The third-order valence-electron chi connectivity index (χ3n) is 4.81. The standard InChI is InChI=1S/C23H14F3N7O2/c1-13(31-22(34)16-7-15(11-28)8-17(9-16)35-23(24,25)26)20-32-18-3-2-6-29-21(18)33(20)19-5-4-14(10-27)12-30-19/h2-9,12-13H,1H3,(H,31,34). The molecule has 0 aliphatic rings. The molecule has 12 heteroatoms. The fourth-order valence-corrected chi connectivity index (χ4v) is 3.36. The van der Waals surface area contributed by atoms with E-state index < -0.39 is 24.1 Å². The quantitative estimate of drug-likeness (QED) is 0.461. The van der Waals surface area contributed by atoms with Gasteiger partial charge in [-0.25, -0.2) is 15.0 Å². The van der Waals surface area contributed by atoms with E-state index in [4.69, 9.17) is 10.5 Å². The average molecular weight is 477 g/mol. The van der Waals surface area contributed by atoms with Crippen molar-refractivity contribution in [2.75, 3.05) is 0 Å². The summed E-state index contributed by atoms with van der Waals surface area (Å²) in [4.78, 5) is 26.0. The molecule has 1 atom stereocenters. The first-order chi connectivity index (χ1) is 16.7. The van der Waals surface area contributed by atoms with Crippen molar-refractivity contribution in [3.8, 4) is 23.7 Å². The third-order valence-corrected chi connectivity index (χ3v) is 4.81. The minimum absolute atomic E-state index is 0.178. The van der Waals surface area contributed by atoms with Gasteiger partial charge in [0.1, 0.15) is 29.0 Å². The van der Waals surface area contributed by atoms with Crippen LogP contribution in [0.2, 0.25) is 0 Å². The Kier molecular flexibility index (Phi) is 6.04. The lowest BCUT2D eigenvalue weighted by molar-refractivity contribution is -0.274. The average Bonchev–Trinajstić information content (AvgIpc) is 3.22. The van der Waals surface area contributed by atoms with E-state index in [1.165, 1.54) is 6.20 Å². The molecule has 1 amide bonds. The van der Waals surface area contributed by atoms with E-state index in [1.54, 1.807) is 48.0 Å². The molecule has 3 heterocycles. The maximum atomic E-state index is 12.9. The minimum atomic E-state index is -4.99. The summed E-state index contributed by atoms with van der Waals surface area (Å²) in [5.41, 5.74) is 0.939. The second-order valence-corrected chi connectivity index (χ2v) is 7.27. The first kappa shape index (κ1) is 23.2. The highest BCUT2D eigenvalue weighted by molar-refractivity contribution is 5.95. The smallest absolute Gasteiger partial charge is 0.406 e. The van der Waals surface area contributed by atoms with Crippen LogP contribution in [0, 0.1) is 22.7 Å². The lowest BCUT2D eigenvalue weighted by Crippen LogP contribution is -2.29. The first-order valence-electron chi connectivity index (χ1n) is 10.00. The number of benzene rings is 1. The maximum Gasteiger partial charge on any atom is 0.573 e. The van der Waals surface area contributed by atoms with Crippen molar-refractivity contribution in [2.45, 2.75) is 19.3 Å². The van der Waals surface area contributed by atoms with Crippen molar-refractivity contribution in [3.05, 3.63) is 77.4 Å². The molecule has 1 N–H and O–H groups in total. The molecule has 3 aromatic heterocycles. The van der Waals surface area contributed by atoms with Crippen LogP contribution in [0.25, 0.3) is 17.0 Å². The Morgan fingerprint density at radius 1 is 1.11 bits per heavy atom. The van der Waals surface area contributed by atoms with Crippen molar-refractivity contribution in [1.29, 1.82) is 10.5 Å². The van der Waals surface area contributed by atoms with E-state index in [2.05, 4.69) is 25.0 Å². The molecule has 1 aromatic carbocycles. The fourth-order valence-electron chi connectivity index (χ4n) is 3.36. The summed E-state index contributed by atoms with van der Waals surface area (Å²) in [5.74, 6) is -0.699. The first-order valence-corrected chi connectivity index (χ1v) is 10.00. The van der Waals surface area contributed by atoms with Gasteiger partial charge < -0.3 is 10.1 Å². The molecular formula is C23H14F3N7O2. The number of amides is 1. The van der Waals surface area contributed by atoms with Gasteiger partial charge in [-0.15, -0.1) is 13.2 Å². The van der Waals surface area contributed by atoms with Crippen LogP contribution in [0.15, 0.2) is 54.9 Å². The summed E-state index contributed by atoms with van der Waals surface area (Å²) < 4.78 is 43.4. The number of ether oxygens (including phenoxy) is 1. The number of carbonyl (C=O) groups is 1. The number of imidazole rings is 1. The summed E-state index contributed by atoms with van der Waals surface area (Å²) in [6.07, 6.45) is -2.04. The fraction of sp³-hybridized carbons (Fsp3) is 0.130. The van der Waals surface area contributed by atoms with E-state index >= 15 is 0 Å². The molecule has 0 saturated carbocycles. The molecule has 0 bridgehead atoms. The zero-order valence-corrected chi connectivity index (χ0v) is 17.9. The van der Waals surface area contributed by atoms with Gasteiger partial charge in [0.25, 0.3) is 5.91 Å². The van der Waals surface area contributed by atoms with Crippen LogP contribution in [0.5, 0.6) is 5.75 Å². The zero-order chi connectivity index (χ0) is 25.2. The molecule has 0 aliphatic carbocycles. The van der Waals surface area contributed by atoms with Crippen LogP contribution in [0.1, 0.15) is 40.3 Å². The number of nitriles is 2. The van der Waals surface area contributed by atoms with Gasteiger partial charge in [-0.2, -0.15) is 10.5 Å². The number of hydrogen-bond acceptors (Lipinski definition) is 7. The van der Waals surface area contributed by atoms with Crippen molar-refractivity contribution >= 4 is 17.1 Å². The van der Waals surface area contributed by atoms with Crippen molar-refractivity contribution in [1.82, 2.24) is 24.8 Å². The van der Waals surface area contributed by atoms with Gasteiger partial charge in [0, 0.05) is 18.0 Å². The lowest BCUT2D eigenvalue weighted by atomic mass is 10.1. The summed E-state index contributed by atoms with van der Waals surface area (Å²) in [7, 11) is 0. The SMILES string of the molecule is CC(NC(=O)c1cc(C#N)cc(OC(F)(F)F)c1)c1nc2cccnc2n1-c1ccc(C#N)cn1. The van der Waals surface area contributed by atoms with E-state index in [0.717, 1.165) is 18.2 Å². The number of carbonyl (C=O) groups excluding carboxylic acids is 1. The minimum Gasteiger partial charge on any atom is -0.406 e. The van der Waals surface area contributed by atoms with Gasteiger partial charge >= 0.3 is 6.36 Å². The molecule has 0 aliphatic heterocycles. The van der Waals surface area contributed by atoms with Crippen LogP contribution in [0.4, 0.5) is 13.2 Å². The third kappa shape index (κ3) is 5.02. The molecule has 174 valence electrons. The van der Waals surface area contributed by atoms with E-state index in [-0.39, 0.29) is 11.1 Å². The highest BCUT2D eigenvalue weighted by atomic mass is 19.4. The highest BCUT2D eigenvalue weighted by Crippen LogP contribution is 2.26. The second kappa shape index (κ2) is 9.11. The van der Waals surface area contributed by atoms with Crippen LogP contribution < -0.4 is 10.1 Å². The van der Waals surface area contributed by atoms with Gasteiger partial charge in [0.15, 0.2) is 5.65 Å². The normalized spacial score (nSPS) is 11.9. The van der Waals surface area contributed by atoms with Crippen LogP contribution in [-0.2, 0) is 0 Å². The van der Waals surface area contributed by atoms with Crippen molar-refractivity contribution in [3.63, 3.8) is 0 Å². The highest BCUT2D eigenvalue weighted by Gasteiger charge is 2.31. The van der Waals surface area contributed by atoms with E-state index in [1.807, 2.05) is 6.07 Å². The number of hydrogen-bond donors (Lipinski definition) is 1. The Labute approximate surface area is 196 Å². The van der Waals surface area contributed by atoms with Crippen LogP contribution in [0.3, 0.4) is 0 Å². The van der Waals surface area contributed by atoms with Gasteiger partial charge in [-0.05, 0) is 49.4 Å². The number of pyridine rings is 2. The van der Waals surface area contributed by atoms with Gasteiger partial charge in [0.05, 0.1) is 23.2 Å². The molecule has 1 unspecified atom stereocenters. The van der Waals surface area contributed by atoms with Crippen LogP contribution >= 0.6 is 0 Å². The summed E-state index contributed by atoms with van der Waals surface area (Å²) >= 11 is 0. The Hall–Kier alpha value is -4.97. The molecular weight excluding hydrogens is 463 g/mol. The largest absolute Gasteiger partial charge is 0.573 e. The predicted molar refractivity (Wildman–Crippen MR) is 115 cm³/mol. The van der Waals surface area contributed by atoms with Gasteiger partial charge in [-0.1, -0.05) is 0 Å². The Bertz CT molecular complexity index is 1500. The van der Waals surface area contributed by atoms with Gasteiger partial charge in [-0.3, -0.25) is 9.36 Å². The number of nitrogens with one attached hydrogen (secondary N) is 1. The van der Waals surface area contributed by atoms with Crippen LogP contribution in [-0.4, -0.2) is 31.8 Å². The number of alkyl halides is 3. The monoisotopic (exact) mass is 477 g/mol. The molecule has 9 nitrogen and oxygen atoms in total. The molecule has 4 aromatic rings. The van der Waals surface area contributed by atoms with E-state index in [0.29, 0.717) is 28.4 Å². The molecule has 35 heavy (non-hydrogen) atoms. The molecule has 0 saturated heterocycles. The Balaban J connectivity index is 1.70. The topological polar surface area (TPSA) is 130 Å². The zero-order valence-electron chi connectivity index (χ0n) is 17.9. The summed E-state index contributed by atoms with van der Waals surface area (Å²) in [5, 5.41) is 20.9. The second-order valence-electron chi connectivity index (χ2n) is 7.27. The van der Waals surface area contributed by atoms with Crippen molar-refractivity contribution in [2.24, 2.45) is 0 Å². The van der Waals surface area contributed by atoms with Gasteiger partial charge in [0.2, 0.25) is 0 Å². The number of rotatable bonds is 5. The summed E-state index contributed by atoms with van der Waals surface area (Å²) in [6, 6.07) is 12.4. The Morgan fingerprint density at radius 3 is 2.54 bits per heavy atom. The maximum absolute atomic E-state index is 12.9. The Morgan fingerprint density at radius 2 is 1.89 bits per heavy atom. The lowest BCUT2D eigenvalue weighted by Gasteiger charge is -2.16. The molecule has 0 radical (unpaired) electrons. The molecule has 0 spiro atoms. The number of aromatic nitrogens is 4. The molecule has 4 rings (SSSR count). The number of fused-ring (bicyclic) bond motifs is 1. The molecule has 0 fully saturated rings. The van der Waals surface area contributed by atoms with E-state index in [9.17, 15) is 18.0 Å². The number of nitrogens with zero attached hydrogens (tertiary/aromatic N) is 6. The summed E-state index contributed by atoms with van der Waals surface area (Å²) in [6.45, 7) is 1.63. The predicted octanol–water partition coefficient (Wildman–Crippen LogP) is 3.95.